The van der Waals surface area contributed by atoms with Gasteiger partial charge in [0.25, 0.3) is 0 Å². The summed E-state index contributed by atoms with van der Waals surface area (Å²) in [6.45, 7) is 6.21. The van der Waals surface area contributed by atoms with Crippen LogP contribution in [0.5, 0.6) is 0 Å². The second-order valence-electron chi connectivity index (χ2n) is 4.88. The summed E-state index contributed by atoms with van der Waals surface area (Å²) in [6, 6.07) is 0.356. The molecule has 0 radical (unpaired) electrons. The molecule has 1 aromatic heterocycles. The fourth-order valence-electron chi connectivity index (χ4n) is 2.22. The van der Waals surface area contributed by atoms with Gasteiger partial charge in [0.2, 0.25) is 0 Å². The highest BCUT2D eigenvalue weighted by atomic mass is 16.3. The molecule has 1 aromatic rings. The Kier molecular flexibility index (Phi) is 3.61. The summed E-state index contributed by atoms with van der Waals surface area (Å²) in [7, 11) is 0. The molecule has 1 unspecified atom stereocenters. The summed E-state index contributed by atoms with van der Waals surface area (Å²) >= 11 is 0. The van der Waals surface area contributed by atoms with E-state index in [4.69, 9.17) is 0 Å². The zero-order valence-corrected chi connectivity index (χ0v) is 10.1. The van der Waals surface area contributed by atoms with Gasteiger partial charge in [0, 0.05) is 17.8 Å². The minimum atomic E-state index is -0.352. The van der Waals surface area contributed by atoms with Crippen LogP contribution in [-0.2, 0) is 0 Å². The molecule has 1 saturated heterocycles. The molecule has 1 atom stereocenters. The first-order chi connectivity index (χ1) is 7.68. The van der Waals surface area contributed by atoms with Gasteiger partial charge in [-0.25, -0.2) is 0 Å². The molecule has 2 rings (SSSR count). The van der Waals surface area contributed by atoms with Crippen molar-refractivity contribution in [3.05, 3.63) is 18.0 Å². The van der Waals surface area contributed by atoms with Crippen LogP contribution >= 0.6 is 0 Å². The van der Waals surface area contributed by atoms with Gasteiger partial charge in [0.1, 0.15) is 0 Å². The number of rotatable bonds is 3. The lowest BCUT2D eigenvalue weighted by atomic mass is 9.89. The van der Waals surface area contributed by atoms with Crippen LogP contribution in [0.3, 0.4) is 0 Å². The number of aromatic nitrogens is 2. The third-order valence-electron chi connectivity index (χ3n) is 3.32. The summed E-state index contributed by atoms with van der Waals surface area (Å²) in [5.41, 5.74) is 0.959. The van der Waals surface area contributed by atoms with E-state index in [2.05, 4.69) is 24.3 Å². The summed E-state index contributed by atoms with van der Waals surface area (Å²) in [5, 5.41) is 17.8. The van der Waals surface area contributed by atoms with Crippen molar-refractivity contribution in [3.8, 4) is 0 Å². The number of nitrogens with one attached hydrogen (secondary N) is 1. The lowest BCUT2D eigenvalue weighted by Gasteiger charge is -2.26. The SMILES string of the molecule is CC(C)n1cc(C(O)C2CCNCC2)cn1. The topological polar surface area (TPSA) is 50.1 Å². The van der Waals surface area contributed by atoms with Crippen molar-refractivity contribution < 1.29 is 5.11 Å². The lowest BCUT2D eigenvalue weighted by molar-refractivity contribution is 0.0888. The van der Waals surface area contributed by atoms with Crippen LogP contribution in [0.1, 0.15) is 44.4 Å². The van der Waals surface area contributed by atoms with Gasteiger partial charge in [-0.3, -0.25) is 4.68 Å². The molecular weight excluding hydrogens is 202 g/mol. The summed E-state index contributed by atoms with van der Waals surface area (Å²) < 4.78 is 1.90. The van der Waals surface area contributed by atoms with Gasteiger partial charge in [-0.1, -0.05) is 0 Å². The average molecular weight is 223 g/mol. The Morgan fingerprint density at radius 1 is 1.44 bits per heavy atom. The summed E-state index contributed by atoms with van der Waals surface area (Å²) in [4.78, 5) is 0. The van der Waals surface area contributed by atoms with Crippen LogP contribution in [0.2, 0.25) is 0 Å². The molecule has 1 aliphatic heterocycles. The van der Waals surface area contributed by atoms with Gasteiger partial charge in [0.05, 0.1) is 12.3 Å². The minimum Gasteiger partial charge on any atom is -0.388 e. The summed E-state index contributed by atoms with van der Waals surface area (Å²) in [6.07, 6.45) is 5.51. The molecule has 0 spiro atoms. The molecule has 2 N–H and O–H groups in total. The quantitative estimate of drug-likeness (QED) is 0.816. The van der Waals surface area contributed by atoms with Crippen molar-refractivity contribution in [1.29, 1.82) is 0 Å². The van der Waals surface area contributed by atoms with E-state index in [1.807, 2.05) is 10.9 Å². The molecule has 4 heteroatoms. The molecule has 0 amide bonds. The average Bonchev–Trinajstić information content (AvgIpc) is 2.78. The van der Waals surface area contributed by atoms with E-state index in [0.717, 1.165) is 31.5 Å². The maximum Gasteiger partial charge on any atom is 0.0849 e. The van der Waals surface area contributed by atoms with E-state index >= 15 is 0 Å². The second kappa shape index (κ2) is 4.97. The van der Waals surface area contributed by atoms with Crippen LogP contribution in [0, 0.1) is 5.92 Å². The molecule has 90 valence electrons. The smallest absolute Gasteiger partial charge is 0.0849 e. The maximum absolute atomic E-state index is 10.3. The number of hydrogen-bond donors (Lipinski definition) is 2. The molecule has 4 nitrogen and oxygen atoms in total. The number of nitrogens with zero attached hydrogens (tertiary/aromatic N) is 2. The molecule has 0 aromatic carbocycles. The van der Waals surface area contributed by atoms with Gasteiger partial charge >= 0.3 is 0 Å². The highest BCUT2D eigenvalue weighted by molar-refractivity contribution is 5.10. The molecule has 16 heavy (non-hydrogen) atoms. The van der Waals surface area contributed by atoms with Gasteiger partial charge in [-0.2, -0.15) is 5.10 Å². The Balaban J connectivity index is 2.04. The van der Waals surface area contributed by atoms with Crippen molar-refractivity contribution in [2.24, 2.45) is 5.92 Å². The third-order valence-corrected chi connectivity index (χ3v) is 3.32. The molecule has 1 fully saturated rings. The van der Waals surface area contributed by atoms with Gasteiger partial charge in [0.15, 0.2) is 0 Å². The van der Waals surface area contributed by atoms with Crippen molar-refractivity contribution in [2.45, 2.75) is 38.8 Å². The maximum atomic E-state index is 10.3. The van der Waals surface area contributed by atoms with Crippen LogP contribution in [0.15, 0.2) is 12.4 Å². The van der Waals surface area contributed by atoms with Crippen molar-refractivity contribution in [3.63, 3.8) is 0 Å². The Bertz CT molecular complexity index is 329. The lowest BCUT2D eigenvalue weighted by Crippen LogP contribution is -2.30. The Labute approximate surface area is 96.7 Å². The van der Waals surface area contributed by atoms with Gasteiger partial charge < -0.3 is 10.4 Å². The van der Waals surface area contributed by atoms with Gasteiger partial charge in [-0.15, -0.1) is 0 Å². The van der Waals surface area contributed by atoms with Crippen LogP contribution in [-0.4, -0.2) is 28.0 Å². The van der Waals surface area contributed by atoms with E-state index < -0.39 is 0 Å². The van der Waals surface area contributed by atoms with Gasteiger partial charge in [-0.05, 0) is 45.7 Å². The first kappa shape index (κ1) is 11.6. The molecule has 2 heterocycles. The normalized spacial score (nSPS) is 20.2. The Hall–Kier alpha value is -0.870. The Morgan fingerprint density at radius 3 is 2.69 bits per heavy atom. The van der Waals surface area contributed by atoms with E-state index in [0.29, 0.717) is 12.0 Å². The first-order valence-electron chi connectivity index (χ1n) is 6.11. The highest BCUT2D eigenvalue weighted by Crippen LogP contribution is 2.28. The van der Waals surface area contributed by atoms with Crippen molar-refractivity contribution in [2.75, 3.05) is 13.1 Å². The molecule has 0 aliphatic carbocycles. The largest absolute Gasteiger partial charge is 0.388 e. The van der Waals surface area contributed by atoms with E-state index in [1.165, 1.54) is 0 Å². The fourth-order valence-corrected chi connectivity index (χ4v) is 2.22. The van der Waals surface area contributed by atoms with Crippen LogP contribution < -0.4 is 5.32 Å². The fraction of sp³-hybridized carbons (Fsp3) is 0.750. The van der Waals surface area contributed by atoms with Crippen molar-refractivity contribution in [1.82, 2.24) is 15.1 Å². The minimum absolute atomic E-state index is 0.352. The van der Waals surface area contributed by atoms with Crippen LogP contribution in [0.25, 0.3) is 0 Å². The van der Waals surface area contributed by atoms with Crippen molar-refractivity contribution >= 4 is 0 Å². The molecule has 1 aliphatic rings. The van der Waals surface area contributed by atoms with E-state index in [1.54, 1.807) is 6.20 Å². The zero-order valence-electron chi connectivity index (χ0n) is 10.1. The van der Waals surface area contributed by atoms with E-state index in [-0.39, 0.29) is 6.10 Å². The molecular formula is C12H21N3O. The number of hydrogen-bond acceptors (Lipinski definition) is 3. The van der Waals surface area contributed by atoms with E-state index in [9.17, 15) is 5.11 Å². The predicted molar refractivity (Wildman–Crippen MR) is 63.2 cm³/mol. The first-order valence-corrected chi connectivity index (χ1v) is 6.11. The highest BCUT2D eigenvalue weighted by Gasteiger charge is 2.24. The monoisotopic (exact) mass is 223 g/mol. The molecule has 0 bridgehead atoms. The summed E-state index contributed by atoms with van der Waals surface area (Å²) in [5.74, 6) is 0.381. The number of aliphatic hydroxyl groups is 1. The third kappa shape index (κ3) is 2.44. The second-order valence-corrected chi connectivity index (χ2v) is 4.88. The Morgan fingerprint density at radius 2 is 2.12 bits per heavy atom. The predicted octanol–water partition coefficient (Wildman–Crippen LogP) is 1.50. The van der Waals surface area contributed by atoms with Crippen LogP contribution in [0.4, 0.5) is 0 Å². The molecule has 0 saturated carbocycles. The zero-order chi connectivity index (χ0) is 11.5. The number of aliphatic hydroxyl groups excluding tert-OH is 1. The standard InChI is InChI=1S/C12H21N3O/c1-9(2)15-8-11(7-14-15)12(16)10-3-5-13-6-4-10/h7-10,12-13,16H,3-6H2,1-2H3. The number of piperidine rings is 1.